The molecule has 1 amide bonds. The van der Waals surface area contributed by atoms with Gasteiger partial charge in [0.2, 0.25) is 5.95 Å². The molecule has 6 N–H and O–H groups in total. The summed E-state index contributed by atoms with van der Waals surface area (Å²) in [5, 5.41) is 45.9. The number of amides is 1. The van der Waals surface area contributed by atoms with E-state index in [1.54, 1.807) is 0 Å². The van der Waals surface area contributed by atoms with Gasteiger partial charge in [0.1, 0.15) is 18.3 Å². The molecule has 13 nitrogen and oxygen atoms in total. The van der Waals surface area contributed by atoms with Gasteiger partial charge >= 0.3 is 6.09 Å². The Kier molecular flexibility index (Phi) is 7.89. The summed E-state index contributed by atoms with van der Waals surface area (Å²) in [6.45, 7) is 0.953. The summed E-state index contributed by atoms with van der Waals surface area (Å²) in [5.41, 5.74) is 3.06. The number of rotatable bonds is 9. The lowest BCUT2D eigenvalue weighted by Gasteiger charge is -2.22. The minimum Gasteiger partial charge on any atom is -0.465 e. The molecule has 4 heterocycles. The highest BCUT2D eigenvalue weighted by Crippen LogP contribution is 2.34. The predicted molar refractivity (Wildman–Crippen MR) is 153 cm³/mol. The van der Waals surface area contributed by atoms with Gasteiger partial charge in [0, 0.05) is 25.6 Å². The van der Waals surface area contributed by atoms with E-state index in [4.69, 9.17) is 14.7 Å². The number of imidazole rings is 1. The van der Waals surface area contributed by atoms with Crippen LogP contribution in [0.4, 0.5) is 16.6 Å². The van der Waals surface area contributed by atoms with Gasteiger partial charge in [-0.1, -0.05) is 60.7 Å². The number of anilines is 2. The minimum atomic E-state index is -1.31. The van der Waals surface area contributed by atoms with Gasteiger partial charge in [-0.05, 0) is 17.5 Å². The van der Waals surface area contributed by atoms with E-state index < -0.39 is 37.2 Å². The molecule has 0 spiro atoms. The van der Waals surface area contributed by atoms with E-state index in [0.29, 0.717) is 49.0 Å². The number of benzene rings is 2. The van der Waals surface area contributed by atoms with E-state index in [0.717, 1.165) is 11.1 Å². The number of hydrogen-bond acceptors (Lipinski definition) is 10. The molecule has 2 aromatic carbocycles. The molecule has 0 unspecified atom stereocenters. The second-order valence-corrected chi connectivity index (χ2v) is 10.6. The lowest BCUT2D eigenvalue weighted by molar-refractivity contribution is -0.0511. The van der Waals surface area contributed by atoms with Crippen LogP contribution in [0.25, 0.3) is 11.2 Å². The van der Waals surface area contributed by atoms with Crippen LogP contribution in [0, 0.1) is 0 Å². The van der Waals surface area contributed by atoms with Crippen LogP contribution in [0.3, 0.4) is 0 Å². The van der Waals surface area contributed by atoms with Gasteiger partial charge in [0.15, 0.2) is 23.2 Å². The molecule has 220 valence electrons. The summed E-state index contributed by atoms with van der Waals surface area (Å²) in [4.78, 5) is 27.2. The molecule has 42 heavy (non-hydrogen) atoms. The van der Waals surface area contributed by atoms with Crippen LogP contribution in [-0.4, -0.2) is 96.6 Å². The minimum absolute atomic E-state index is 0.000619. The molecule has 2 aliphatic heterocycles. The number of carboxylic acid groups (broad SMARTS) is 1. The van der Waals surface area contributed by atoms with Gasteiger partial charge in [-0.2, -0.15) is 9.97 Å². The third-order valence-corrected chi connectivity index (χ3v) is 7.88. The van der Waals surface area contributed by atoms with Gasteiger partial charge < -0.3 is 40.7 Å². The van der Waals surface area contributed by atoms with Crippen LogP contribution >= 0.6 is 0 Å². The fourth-order valence-corrected chi connectivity index (χ4v) is 5.70. The maximum Gasteiger partial charge on any atom is 0.404 e. The summed E-state index contributed by atoms with van der Waals surface area (Å²) in [7, 11) is 0. The molecule has 5 atom stereocenters. The van der Waals surface area contributed by atoms with E-state index in [1.807, 2.05) is 41.3 Å². The highest BCUT2D eigenvalue weighted by Gasteiger charge is 2.44. The maximum atomic E-state index is 11.2. The average Bonchev–Trinajstić information content (AvgIpc) is 3.72. The average molecular weight is 576 g/mol. The van der Waals surface area contributed by atoms with Crippen LogP contribution in [0.1, 0.15) is 29.7 Å². The molecule has 0 radical (unpaired) electrons. The van der Waals surface area contributed by atoms with Crippen LogP contribution in [0.5, 0.6) is 0 Å². The van der Waals surface area contributed by atoms with Crippen molar-refractivity contribution in [2.24, 2.45) is 0 Å². The number of carbonyl (C=O) groups is 1. The van der Waals surface area contributed by atoms with E-state index in [2.05, 4.69) is 39.9 Å². The predicted octanol–water partition coefficient (Wildman–Crippen LogP) is 1.53. The van der Waals surface area contributed by atoms with Crippen molar-refractivity contribution in [2.45, 2.75) is 42.9 Å². The molecule has 13 heteroatoms. The van der Waals surface area contributed by atoms with Gasteiger partial charge in [-0.3, -0.25) is 4.57 Å². The van der Waals surface area contributed by atoms with Crippen molar-refractivity contribution >= 4 is 29.0 Å². The Morgan fingerprint density at radius 2 is 1.71 bits per heavy atom. The fourth-order valence-electron chi connectivity index (χ4n) is 5.70. The number of aromatic nitrogens is 4. The summed E-state index contributed by atoms with van der Waals surface area (Å²) in [5.74, 6) is 0.829. The van der Waals surface area contributed by atoms with Crippen molar-refractivity contribution in [3.05, 3.63) is 78.1 Å². The zero-order valence-electron chi connectivity index (χ0n) is 22.7. The first-order valence-corrected chi connectivity index (χ1v) is 13.9. The van der Waals surface area contributed by atoms with Crippen molar-refractivity contribution in [1.29, 1.82) is 0 Å². The third-order valence-electron chi connectivity index (χ3n) is 7.88. The molecule has 0 bridgehead atoms. The molecule has 6 rings (SSSR count). The van der Waals surface area contributed by atoms with Crippen molar-refractivity contribution in [3.8, 4) is 0 Å². The summed E-state index contributed by atoms with van der Waals surface area (Å²) >= 11 is 0. The van der Waals surface area contributed by atoms with Crippen LogP contribution < -0.4 is 15.5 Å². The molecule has 2 saturated heterocycles. The first-order valence-electron chi connectivity index (χ1n) is 13.9. The monoisotopic (exact) mass is 575 g/mol. The Balaban J connectivity index is 1.37. The van der Waals surface area contributed by atoms with Crippen LogP contribution in [0.15, 0.2) is 67.0 Å². The van der Waals surface area contributed by atoms with Gasteiger partial charge in [-0.15, -0.1) is 0 Å². The van der Waals surface area contributed by atoms with E-state index in [1.165, 1.54) is 10.9 Å². The Hall–Kier alpha value is -4.30. The Morgan fingerprint density at radius 3 is 2.33 bits per heavy atom. The molecular formula is C29H33N7O6. The van der Waals surface area contributed by atoms with E-state index in [9.17, 15) is 25.2 Å². The number of hydrogen-bond donors (Lipinski definition) is 6. The lowest BCUT2D eigenvalue weighted by Crippen LogP contribution is -2.36. The van der Waals surface area contributed by atoms with Gasteiger partial charge in [0.25, 0.3) is 0 Å². The van der Waals surface area contributed by atoms with Crippen LogP contribution in [0.2, 0.25) is 0 Å². The van der Waals surface area contributed by atoms with Crippen molar-refractivity contribution in [1.82, 2.24) is 24.8 Å². The highest BCUT2D eigenvalue weighted by molar-refractivity contribution is 5.84. The Bertz CT molecular complexity index is 1480. The molecule has 2 aliphatic rings. The highest BCUT2D eigenvalue weighted by atomic mass is 16.6. The van der Waals surface area contributed by atoms with Crippen LogP contribution in [-0.2, 0) is 4.74 Å². The number of fused-ring (bicyclic) bond motifs is 1. The van der Waals surface area contributed by atoms with Gasteiger partial charge in [0.05, 0.1) is 19.0 Å². The molecule has 4 aromatic rings. The first-order chi connectivity index (χ1) is 20.4. The van der Waals surface area contributed by atoms with E-state index in [-0.39, 0.29) is 12.0 Å². The summed E-state index contributed by atoms with van der Waals surface area (Å²) < 4.78 is 7.30. The van der Waals surface area contributed by atoms with E-state index >= 15 is 0 Å². The largest absolute Gasteiger partial charge is 0.465 e. The molecule has 2 aromatic heterocycles. The second-order valence-electron chi connectivity index (χ2n) is 10.6. The third kappa shape index (κ3) is 5.46. The fraction of sp³-hybridized carbons (Fsp3) is 0.379. The van der Waals surface area contributed by atoms with Crippen molar-refractivity contribution in [2.75, 3.05) is 36.5 Å². The standard InChI is InChI=1S/C29H33N7O6/c37-15-21-23(38)24(39)27(42-21)36-16-31-22-25(33-28(34-26(22)36)35-12-11-19(14-35)32-29(40)41)30-13-20(17-7-3-1-4-8-17)18-9-5-2-6-10-18/h1-10,16,19-21,23-24,27,32,37-39H,11-15H2,(H,40,41)(H,30,33,34)/t19-,21+,23+,24-,27+/m0/s1. The van der Waals surface area contributed by atoms with Gasteiger partial charge in [-0.25, -0.2) is 9.78 Å². The van der Waals surface area contributed by atoms with Crippen molar-refractivity contribution < 1.29 is 30.0 Å². The summed E-state index contributed by atoms with van der Waals surface area (Å²) in [6.07, 6.45) is -3.61. The number of nitrogens with one attached hydrogen (secondary N) is 2. The number of aliphatic hydroxyl groups excluding tert-OH is 3. The quantitative estimate of drug-likeness (QED) is 0.170. The molecule has 2 fully saturated rings. The zero-order chi connectivity index (χ0) is 29.2. The normalized spacial score (nSPS) is 24.0. The maximum absolute atomic E-state index is 11.2. The number of nitrogens with zero attached hydrogens (tertiary/aromatic N) is 5. The molecular weight excluding hydrogens is 542 g/mol. The Morgan fingerprint density at radius 1 is 1.02 bits per heavy atom. The Labute approximate surface area is 241 Å². The summed E-state index contributed by atoms with van der Waals surface area (Å²) in [6, 6.07) is 20.0. The topological polar surface area (TPSA) is 178 Å². The van der Waals surface area contributed by atoms with Crippen molar-refractivity contribution in [3.63, 3.8) is 0 Å². The zero-order valence-corrected chi connectivity index (χ0v) is 22.7. The second kappa shape index (κ2) is 11.9. The SMILES string of the molecule is O=C(O)N[C@H]1CCN(c2nc(NCC(c3ccccc3)c3ccccc3)c3ncn([C@@H]4O[C@H](CO)[C@@H](O)[C@@H]4O)c3n2)C1. The lowest BCUT2D eigenvalue weighted by atomic mass is 9.91. The molecule has 0 aliphatic carbocycles. The first kappa shape index (κ1) is 27.8. The molecule has 0 saturated carbocycles. The number of ether oxygens (including phenoxy) is 1. The number of aliphatic hydroxyl groups is 3. The smallest absolute Gasteiger partial charge is 0.404 e.